The Hall–Kier alpha value is -1.52. The fraction of sp³-hybridized carbons (Fsp3) is 0. The molecule has 0 saturated carbocycles. The SMILES string of the molecule is O=C(O)c1nn(Cl)c(-c2ccccc2)c1Cl. The van der Waals surface area contributed by atoms with Crippen LogP contribution in [0.4, 0.5) is 0 Å². The van der Waals surface area contributed by atoms with Gasteiger partial charge in [-0.15, -0.1) is 5.10 Å². The summed E-state index contributed by atoms with van der Waals surface area (Å²) in [6, 6.07) is 8.98. The van der Waals surface area contributed by atoms with E-state index in [2.05, 4.69) is 5.10 Å². The van der Waals surface area contributed by atoms with Gasteiger partial charge in [-0.1, -0.05) is 41.9 Å². The molecule has 0 saturated heterocycles. The molecule has 1 N–H and O–H groups in total. The topological polar surface area (TPSA) is 55.1 Å². The van der Waals surface area contributed by atoms with Gasteiger partial charge in [0.2, 0.25) is 0 Å². The standard InChI is InChI=1S/C10H6Cl2N2O2/c11-7-8(10(15)16)13-14(12)9(7)6-4-2-1-3-5-6/h1-5H,(H,15,16). The van der Waals surface area contributed by atoms with Crippen molar-refractivity contribution in [1.29, 1.82) is 0 Å². The number of halogens is 2. The van der Waals surface area contributed by atoms with E-state index in [0.29, 0.717) is 11.3 Å². The Balaban J connectivity index is 2.63. The van der Waals surface area contributed by atoms with Crippen LogP contribution in [-0.4, -0.2) is 20.4 Å². The first kappa shape index (κ1) is 11.0. The highest BCUT2D eigenvalue weighted by molar-refractivity contribution is 6.36. The second-order valence-corrected chi connectivity index (χ2v) is 3.74. The molecular weight excluding hydrogens is 251 g/mol. The summed E-state index contributed by atoms with van der Waals surface area (Å²) in [7, 11) is 0. The molecule has 0 bridgehead atoms. The fourth-order valence-electron chi connectivity index (χ4n) is 1.34. The Labute approximate surface area is 101 Å². The number of hydrogen-bond acceptors (Lipinski definition) is 2. The Morgan fingerprint density at radius 1 is 1.31 bits per heavy atom. The Bertz CT molecular complexity index is 537. The van der Waals surface area contributed by atoms with E-state index in [1.54, 1.807) is 24.3 Å². The number of benzene rings is 1. The van der Waals surface area contributed by atoms with Crippen LogP contribution in [0.25, 0.3) is 11.3 Å². The number of hydrogen-bond donors (Lipinski definition) is 1. The van der Waals surface area contributed by atoms with Gasteiger partial charge in [0.1, 0.15) is 10.7 Å². The average Bonchev–Trinajstić information content (AvgIpc) is 2.56. The van der Waals surface area contributed by atoms with Gasteiger partial charge in [0.25, 0.3) is 0 Å². The van der Waals surface area contributed by atoms with E-state index in [1.807, 2.05) is 6.07 Å². The quantitative estimate of drug-likeness (QED) is 0.899. The number of nitrogens with zero attached hydrogens (tertiary/aromatic N) is 2. The molecule has 1 heterocycles. The summed E-state index contributed by atoms with van der Waals surface area (Å²) in [4.78, 5) is 10.8. The average molecular weight is 257 g/mol. The van der Waals surface area contributed by atoms with Crippen molar-refractivity contribution in [1.82, 2.24) is 9.30 Å². The third kappa shape index (κ3) is 1.77. The number of carboxylic acids is 1. The molecule has 0 spiro atoms. The molecule has 6 heteroatoms. The minimum atomic E-state index is -1.21. The zero-order valence-corrected chi connectivity index (χ0v) is 9.40. The summed E-state index contributed by atoms with van der Waals surface area (Å²) in [5.74, 6) is -1.21. The summed E-state index contributed by atoms with van der Waals surface area (Å²) >= 11 is 11.7. The van der Waals surface area contributed by atoms with Crippen LogP contribution in [0.2, 0.25) is 5.02 Å². The summed E-state index contributed by atoms with van der Waals surface area (Å²) in [5.41, 5.74) is 0.833. The summed E-state index contributed by atoms with van der Waals surface area (Å²) < 4.78 is 0.946. The van der Waals surface area contributed by atoms with Gasteiger partial charge < -0.3 is 5.11 Å². The van der Waals surface area contributed by atoms with E-state index in [0.717, 1.165) is 4.20 Å². The molecule has 2 rings (SSSR count). The van der Waals surface area contributed by atoms with E-state index in [9.17, 15) is 4.79 Å². The van der Waals surface area contributed by atoms with Gasteiger partial charge in [-0.05, 0) is 0 Å². The van der Waals surface area contributed by atoms with Crippen LogP contribution in [0.1, 0.15) is 10.5 Å². The number of aromatic carboxylic acids is 1. The van der Waals surface area contributed by atoms with Crippen molar-refractivity contribution >= 4 is 29.3 Å². The van der Waals surface area contributed by atoms with Crippen LogP contribution in [0.15, 0.2) is 30.3 Å². The van der Waals surface area contributed by atoms with Crippen molar-refractivity contribution in [3.05, 3.63) is 41.0 Å². The van der Waals surface area contributed by atoms with E-state index in [-0.39, 0.29) is 10.7 Å². The highest BCUT2D eigenvalue weighted by Gasteiger charge is 2.21. The first-order valence-electron chi connectivity index (χ1n) is 4.34. The molecule has 2 aromatic rings. The third-order valence-corrected chi connectivity index (χ3v) is 2.64. The maximum atomic E-state index is 10.8. The molecule has 0 amide bonds. The normalized spacial score (nSPS) is 10.4. The highest BCUT2D eigenvalue weighted by atomic mass is 35.5. The molecule has 0 aliphatic heterocycles. The maximum absolute atomic E-state index is 10.8. The lowest BCUT2D eigenvalue weighted by molar-refractivity contribution is 0.0690. The molecule has 4 nitrogen and oxygen atoms in total. The number of carboxylic acid groups (broad SMARTS) is 1. The van der Waals surface area contributed by atoms with Crippen LogP contribution in [0.3, 0.4) is 0 Å². The minimum Gasteiger partial charge on any atom is -0.476 e. The molecule has 1 aromatic heterocycles. The van der Waals surface area contributed by atoms with Crippen molar-refractivity contribution in [2.75, 3.05) is 0 Å². The smallest absolute Gasteiger partial charge is 0.358 e. The molecule has 1 aromatic carbocycles. The molecule has 16 heavy (non-hydrogen) atoms. The zero-order chi connectivity index (χ0) is 11.7. The molecule has 0 radical (unpaired) electrons. The number of rotatable bonds is 2. The Morgan fingerprint density at radius 3 is 2.44 bits per heavy atom. The van der Waals surface area contributed by atoms with Crippen LogP contribution in [-0.2, 0) is 0 Å². The van der Waals surface area contributed by atoms with E-state index < -0.39 is 5.97 Å². The van der Waals surface area contributed by atoms with Crippen molar-refractivity contribution < 1.29 is 9.90 Å². The van der Waals surface area contributed by atoms with Crippen molar-refractivity contribution in [2.24, 2.45) is 0 Å². The zero-order valence-electron chi connectivity index (χ0n) is 7.89. The summed E-state index contributed by atoms with van der Waals surface area (Å²) in [6.07, 6.45) is 0. The lowest BCUT2D eigenvalue weighted by Crippen LogP contribution is -1.97. The van der Waals surface area contributed by atoms with Gasteiger partial charge in [-0.2, -0.15) is 4.20 Å². The van der Waals surface area contributed by atoms with E-state index in [4.69, 9.17) is 28.5 Å². The number of carbonyl (C=O) groups is 1. The predicted octanol–water partition coefficient (Wildman–Crippen LogP) is 2.90. The monoisotopic (exact) mass is 256 g/mol. The second-order valence-electron chi connectivity index (χ2n) is 3.04. The van der Waals surface area contributed by atoms with Gasteiger partial charge in [0.05, 0.1) is 0 Å². The Kier molecular flexibility index (Phi) is 2.85. The van der Waals surface area contributed by atoms with Crippen molar-refractivity contribution in [3.63, 3.8) is 0 Å². The lowest BCUT2D eigenvalue weighted by Gasteiger charge is -1.99. The molecule has 0 atom stereocenters. The fourth-order valence-corrected chi connectivity index (χ4v) is 1.95. The van der Waals surface area contributed by atoms with E-state index >= 15 is 0 Å². The third-order valence-electron chi connectivity index (χ3n) is 2.04. The summed E-state index contributed by atoms with van der Waals surface area (Å²) in [6.45, 7) is 0. The van der Waals surface area contributed by atoms with Crippen molar-refractivity contribution in [3.8, 4) is 11.3 Å². The first-order chi connectivity index (χ1) is 7.61. The van der Waals surface area contributed by atoms with Crippen molar-refractivity contribution in [2.45, 2.75) is 0 Å². The first-order valence-corrected chi connectivity index (χ1v) is 5.06. The summed E-state index contributed by atoms with van der Waals surface area (Å²) in [5, 5.41) is 12.5. The van der Waals surface area contributed by atoms with Crippen LogP contribution in [0, 0.1) is 0 Å². The van der Waals surface area contributed by atoms with E-state index in [1.165, 1.54) is 0 Å². The lowest BCUT2D eigenvalue weighted by atomic mass is 10.1. The maximum Gasteiger partial charge on any atom is 0.358 e. The van der Waals surface area contributed by atoms with Gasteiger partial charge in [0, 0.05) is 17.3 Å². The molecule has 0 unspecified atom stereocenters. The molecular formula is C10H6Cl2N2O2. The van der Waals surface area contributed by atoms with Crippen LogP contribution in [0.5, 0.6) is 0 Å². The number of aromatic nitrogens is 2. The van der Waals surface area contributed by atoms with Gasteiger partial charge in [-0.25, -0.2) is 4.79 Å². The predicted molar refractivity (Wildman–Crippen MR) is 60.9 cm³/mol. The molecule has 0 aliphatic carbocycles. The van der Waals surface area contributed by atoms with Crippen LogP contribution >= 0.6 is 23.4 Å². The highest BCUT2D eigenvalue weighted by Crippen LogP contribution is 2.31. The van der Waals surface area contributed by atoms with Gasteiger partial charge in [-0.3, -0.25) is 0 Å². The largest absolute Gasteiger partial charge is 0.476 e. The second kappa shape index (κ2) is 4.15. The van der Waals surface area contributed by atoms with Gasteiger partial charge >= 0.3 is 5.97 Å². The Morgan fingerprint density at radius 2 is 1.94 bits per heavy atom. The molecule has 0 aliphatic rings. The van der Waals surface area contributed by atoms with Gasteiger partial charge in [0.15, 0.2) is 5.69 Å². The minimum absolute atomic E-state index is 0.0358. The van der Waals surface area contributed by atoms with Crippen LogP contribution < -0.4 is 0 Å². The molecule has 82 valence electrons. The molecule has 0 fully saturated rings.